The minimum absolute atomic E-state index is 0.0404. The van der Waals surface area contributed by atoms with Crippen LogP contribution in [0.2, 0.25) is 0 Å². The van der Waals surface area contributed by atoms with E-state index in [2.05, 4.69) is 11.5 Å². The second kappa shape index (κ2) is 6.92. The van der Waals surface area contributed by atoms with Gasteiger partial charge in [0.2, 0.25) is 0 Å². The molecule has 0 saturated heterocycles. The van der Waals surface area contributed by atoms with Crippen LogP contribution in [-0.4, -0.2) is 0 Å². The monoisotopic (exact) mass is 296 g/mol. The summed E-state index contributed by atoms with van der Waals surface area (Å²) in [5, 5.41) is 2.02. The molecule has 0 fully saturated rings. The van der Waals surface area contributed by atoms with Crippen molar-refractivity contribution in [3.63, 3.8) is 0 Å². The summed E-state index contributed by atoms with van der Waals surface area (Å²) >= 11 is 1.69. The maximum absolute atomic E-state index is 14.1. The topological polar surface area (TPSA) is 38.0 Å². The van der Waals surface area contributed by atoms with Gasteiger partial charge in [0.1, 0.15) is 11.6 Å². The zero-order chi connectivity index (χ0) is 14.5. The Bertz CT molecular complexity index is 555. The zero-order valence-electron chi connectivity index (χ0n) is 11.3. The van der Waals surface area contributed by atoms with Gasteiger partial charge in [0.25, 0.3) is 0 Å². The summed E-state index contributed by atoms with van der Waals surface area (Å²) in [5.41, 5.74) is 3.00. The predicted octanol–water partition coefficient (Wildman–Crippen LogP) is 3.86. The minimum atomic E-state index is -0.549. The minimum Gasteiger partial charge on any atom is -0.271 e. The SMILES string of the molecule is Cc1ccc(F)c(C(CCCc2cccs2)NN)c1F. The van der Waals surface area contributed by atoms with Crippen molar-refractivity contribution in [2.24, 2.45) is 5.84 Å². The predicted molar refractivity (Wildman–Crippen MR) is 78.4 cm³/mol. The third kappa shape index (κ3) is 3.42. The van der Waals surface area contributed by atoms with E-state index >= 15 is 0 Å². The van der Waals surface area contributed by atoms with Gasteiger partial charge in [0.15, 0.2) is 0 Å². The highest BCUT2D eigenvalue weighted by atomic mass is 32.1. The summed E-state index contributed by atoms with van der Waals surface area (Å²) in [5.74, 6) is 4.41. The molecule has 0 aliphatic heterocycles. The Morgan fingerprint density at radius 1 is 1.30 bits per heavy atom. The van der Waals surface area contributed by atoms with E-state index in [1.165, 1.54) is 17.0 Å². The molecule has 20 heavy (non-hydrogen) atoms. The second-order valence-electron chi connectivity index (χ2n) is 4.78. The van der Waals surface area contributed by atoms with Gasteiger partial charge in [-0.3, -0.25) is 11.3 Å². The Morgan fingerprint density at radius 3 is 2.75 bits per heavy atom. The van der Waals surface area contributed by atoms with Gasteiger partial charge in [-0.1, -0.05) is 12.1 Å². The van der Waals surface area contributed by atoms with Crippen molar-refractivity contribution in [3.8, 4) is 0 Å². The standard InChI is InChI=1S/C15H18F2N2S/c1-10-7-8-12(16)14(15(10)17)13(19-18)6-2-4-11-5-3-9-20-11/h3,5,7-9,13,19H,2,4,6,18H2,1H3. The van der Waals surface area contributed by atoms with Gasteiger partial charge in [0, 0.05) is 10.4 Å². The molecular formula is C15H18F2N2S. The summed E-state index contributed by atoms with van der Waals surface area (Å²) in [4.78, 5) is 1.27. The summed E-state index contributed by atoms with van der Waals surface area (Å²) in [6, 6.07) is 6.28. The van der Waals surface area contributed by atoms with Gasteiger partial charge < -0.3 is 0 Å². The summed E-state index contributed by atoms with van der Waals surface area (Å²) in [7, 11) is 0. The van der Waals surface area contributed by atoms with E-state index in [4.69, 9.17) is 5.84 Å². The van der Waals surface area contributed by atoms with Gasteiger partial charge in [-0.2, -0.15) is 0 Å². The number of hydrogen-bond acceptors (Lipinski definition) is 3. The number of hydrogen-bond donors (Lipinski definition) is 2. The first-order valence-corrected chi connectivity index (χ1v) is 7.44. The van der Waals surface area contributed by atoms with Gasteiger partial charge >= 0.3 is 0 Å². The van der Waals surface area contributed by atoms with E-state index in [9.17, 15) is 8.78 Å². The quantitative estimate of drug-likeness (QED) is 0.627. The van der Waals surface area contributed by atoms with E-state index in [1.807, 2.05) is 11.4 Å². The highest BCUT2D eigenvalue weighted by Crippen LogP contribution is 2.26. The van der Waals surface area contributed by atoms with E-state index < -0.39 is 17.7 Å². The molecule has 0 aliphatic rings. The molecule has 0 radical (unpaired) electrons. The first kappa shape index (κ1) is 15.1. The van der Waals surface area contributed by atoms with E-state index in [0.29, 0.717) is 12.0 Å². The fourth-order valence-electron chi connectivity index (χ4n) is 2.24. The maximum Gasteiger partial charge on any atom is 0.133 e. The van der Waals surface area contributed by atoms with Gasteiger partial charge in [0.05, 0.1) is 6.04 Å². The molecule has 1 heterocycles. The third-order valence-electron chi connectivity index (χ3n) is 3.37. The third-order valence-corrected chi connectivity index (χ3v) is 4.30. The smallest absolute Gasteiger partial charge is 0.133 e. The lowest BCUT2D eigenvalue weighted by molar-refractivity contribution is 0.443. The second-order valence-corrected chi connectivity index (χ2v) is 5.82. The Hall–Kier alpha value is -1.30. The molecule has 5 heteroatoms. The summed E-state index contributed by atoms with van der Waals surface area (Å²) < 4.78 is 27.9. The lowest BCUT2D eigenvalue weighted by Gasteiger charge is -2.18. The highest BCUT2D eigenvalue weighted by Gasteiger charge is 2.20. The van der Waals surface area contributed by atoms with Crippen LogP contribution in [0.15, 0.2) is 29.6 Å². The average molecular weight is 296 g/mol. The van der Waals surface area contributed by atoms with Crippen LogP contribution in [0.3, 0.4) is 0 Å². The molecule has 0 saturated carbocycles. The van der Waals surface area contributed by atoms with Crippen LogP contribution in [0.1, 0.15) is 34.9 Å². The van der Waals surface area contributed by atoms with E-state index in [1.54, 1.807) is 18.3 Å². The molecule has 1 atom stereocenters. The Kier molecular flexibility index (Phi) is 5.23. The van der Waals surface area contributed by atoms with Crippen molar-refractivity contribution >= 4 is 11.3 Å². The van der Waals surface area contributed by atoms with Crippen LogP contribution in [0.5, 0.6) is 0 Å². The molecule has 2 rings (SSSR count). The first-order chi connectivity index (χ1) is 9.63. The molecule has 0 amide bonds. The number of halogens is 2. The Morgan fingerprint density at radius 2 is 2.10 bits per heavy atom. The van der Waals surface area contributed by atoms with Crippen molar-refractivity contribution in [1.29, 1.82) is 0 Å². The highest BCUT2D eigenvalue weighted by molar-refractivity contribution is 7.09. The van der Waals surface area contributed by atoms with E-state index in [-0.39, 0.29) is 5.56 Å². The van der Waals surface area contributed by atoms with Crippen molar-refractivity contribution in [2.45, 2.75) is 32.2 Å². The van der Waals surface area contributed by atoms with Crippen molar-refractivity contribution in [2.75, 3.05) is 0 Å². The fraction of sp³-hybridized carbons (Fsp3) is 0.333. The molecule has 0 aliphatic carbocycles. The van der Waals surface area contributed by atoms with Gasteiger partial charge in [-0.15, -0.1) is 11.3 Å². The molecule has 0 bridgehead atoms. The average Bonchev–Trinajstić information content (AvgIpc) is 2.94. The first-order valence-electron chi connectivity index (χ1n) is 6.56. The van der Waals surface area contributed by atoms with Crippen molar-refractivity contribution in [1.82, 2.24) is 5.43 Å². The van der Waals surface area contributed by atoms with Crippen LogP contribution < -0.4 is 11.3 Å². The number of benzene rings is 1. The molecular weight excluding hydrogens is 278 g/mol. The molecule has 108 valence electrons. The number of rotatable bonds is 6. The van der Waals surface area contributed by atoms with Crippen LogP contribution in [0.25, 0.3) is 0 Å². The summed E-state index contributed by atoms with van der Waals surface area (Å²) in [6.07, 6.45) is 2.30. The van der Waals surface area contributed by atoms with Gasteiger partial charge in [-0.25, -0.2) is 8.78 Å². The van der Waals surface area contributed by atoms with E-state index in [0.717, 1.165) is 12.8 Å². The molecule has 2 aromatic rings. The molecule has 3 N–H and O–H groups in total. The number of aryl methyl sites for hydroxylation is 2. The van der Waals surface area contributed by atoms with Crippen LogP contribution in [0.4, 0.5) is 8.78 Å². The Labute approximate surface area is 121 Å². The number of nitrogens with two attached hydrogens (primary N) is 1. The van der Waals surface area contributed by atoms with Gasteiger partial charge in [-0.05, 0) is 49.3 Å². The molecule has 1 unspecified atom stereocenters. The number of nitrogens with one attached hydrogen (secondary N) is 1. The fourth-order valence-corrected chi connectivity index (χ4v) is 3.00. The maximum atomic E-state index is 14.1. The Balaban J connectivity index is 2.06. The van der Waals surface area contributed by atoms with Crippen LogP contribution in [-0.2, 0) is 6.42 Å². The van der Waals surface area contributed by atoms with Crippen molar-refractivity contribution < 1.29 is 8.78 Å². The molecule has 1 aromatic heterocycles. The lowest BCUT2D eigenvalue weighted by Crippen LogP contribution is -2.29. The van der Waals surface area contributed by atoms with Crippen molar-refractivity contribution in [3.05, 3.63) is 57.3 Å². The molecule has 0 spiro atoms. The number of thiophene rings is 1. The lowest BCUT2D eigenvalue weighted by atomic mass is 9.98. The normalized spacial score (nSPS) is 12.6. The molecule has 2 nitrogen and oxygen atoms in total. The summed E-state index contributed by atoms with van der Waals surface area (Å²) in [6.45, 7) is 1.62. The largest absolute Gasteiger partial charge is 0.271 e. The molecule has 1 aromatic carbocycles. The van der Waals surface area contributed by atoms with Crippen LogP contribution >= 0.6 is 11.3 Å². The zero-order valence-corrected chi connectivity index (χ0v) is 12.1. The van der Waals surface area contributed by atoms with Crippen LogP contribution in [0, 0.1) is 18.6 Å². The number of hydrazine groups is 1.